The summed E-state index contributed by atoms with van der Waals surface area (Å²) in [6.07, 6.45) is 0. The molecule has 0 bridgehead atoms. The SMILES string of the molecule is [Na+].[Na+].[O-]CCOCCOCCOCCOCCOCCOCC[O-]. The zero-order chi connectivity index (χ0) is 16.1. The van der Waals surface area contributed by atoms with Gasteiger partial charge in [0.15, 0.2) is 0 Å². The summed E-state index contributed by atoms with van der Waals surface area (Å²) in [6.45, 7) is 4.82. The van der Waals surface area contributed by atoms with E-state index in [1.165, 1.54) is 0 Å². The molecule has 24 heavy (non-hydrogen) atoms. The maximum absolute atomic E-state index is 10.1. The van der Waals surface area contributed by atoms with Crippen molar-refractivity contribution in [2.75, 3.05) is 92.5 Å². The first-order valence-electron chi connectivity index (χ1n) is 7.54. The Labute approximate surface area is 189 Å². The molecule has 134 valence electrons. The van der Waals surface area contributed by atoms with Crippen LogP contribution in [0.5, 0.6) is 0 Å². The second kappa shape index (κ2) is 29.4. The van der Waals surface area contributed by atoms with E-state index in [1.807, 2.05) is 0 Å². The molecule has 0 heterocycles. The van der Waals surface area contributed by atoms with E-state index in [-0.39, 0.29) is 85.5 Å². The summed E-state index contributed by atoms with van der Waals surface area (Å²) in [6, 6.07) is 0. The van der Waals surface area contributed by atoms with Crippen LogP contribution in [0.25, 0.3) is 0 Å². The van der Waals surface area contributed by atoms with E-state index in [0.29, 0.717) is 66.1 Å². The third kappa shape index (κ3) is 28.5. The molecule has 0 aliphatic heterocycles. The maximum atomic E-state index is 10.1. The molecule has 0 saturated carbocycles. The molecule has 0 atom stereocenters. The Balaban J connectivity index is -0.00000220. The largest absolute Gasteiger partial charge is 1.00 e. The van der Waals surface area contributed by atoms with E-state index < -0.39 is 0 Å². The summed E-state index contributed by atoms with van der Waals surface area (Å²) in [5.74, 6) is 0. The fourth-order valence-corrected chi connectivity index (χ4v) is 1.32. The van der Waals surface area contributed by atoms with Gasteiger partial charge >= 0.3 is 59.1 Å². The minimum absolute atomic E-state index is 0. The predicted octanol–water partition coefficient (Wildman–Crippen LogP) is -8.19. The van der Waals surface area contributed by atoms with Crippen molar-refractivity contribution in [3.8, 4) is 0 Å². The Bertz CT molecular complexity index is 184. The van der Waals surface area contributed by atoms with Crippen molar-refractivity contribution in [1.29, 1.82) is 0 Å². The molecule has 0 fully saturated rings. The molecule has 0 amide bonds. The molecule has 0 aliphatic carbocycles. The van der Waals surface area contributed by atoms with Crippen LogP contribution >= 0.6 is 0 Å². The summed E-state index contributed by atoms with van der Waals surface area (Å²) in [7, 11) is 0. The van der Waals surface area contributed by atoms with E-state index in [9.17, 15) is 10.2 Å². The van der Waals surface area contributed by atoms with E-state index in [1.54, 1.807) is 0 Å². The van der Waals surface area contributed by atoms with E-state index in [0.717, 1.165) is 0 Å². The molecule has 0 unspecified atom stereocenters. The molecular weight excluding hydrogens is 342 g/mol. The number of rotatable bonds is 19. The van der Waals surface area contributed by atoms with Gasteiger partial charge < -0.3 is 38.6 Å². The van der Waals surface area contributed by atoms with Crippen molar-refractivity contribution >= 4 is 0 Å². The van der Waals surface area contributed by atoms with Crippen molar-refractivity contribution in [3.05, 3.63) is 0 Å². The molecule has 0 rings (SSSR count). The fourth-order valence-electron chi connectivity index (χ4n) is 1.32. The summed E-state index contributed by atoms with van der Waals surface area (Å²) in [5, 5.41) is 20.2. The van der Waals surface area contributed by atoms with Gasteiger partial charge in [-0.2, -0.15) is 0 Å². The molecule has 0 radical (unpaired) electrons. The molecule has 0 spiro atoms. The van der Waals surface area contributed by atoms with Gasteiger partial charge in [0.25, 0.3) is 0 Å². The van der Waals surface area contributed by atoms with Gasteiger partial charge in [0, 0.05) is 13.2 Å². The average molecular weight is 370 g/mol. The van der Waals surface area contributed by atoms with Crippen molar-refractivity contribution < 1.29 is 97.7 Å². The smallest absolute Gasteiger partial charge is 0.853 e. The zero-order valence-corrected chi connectivity index (χ0v) is 19.2. The second-order valence-electron chi connectivity index (χ2n) is 4.08. The van der Waals surface area contributed by atoms with E-state index in [4.69, 9.17) is 28.4 Å². The third-order valence-corrected chi connectivity index (χ3v) is 2.32. The van der Waals surface area contributed by atoms with Crippen molar-refractivity contribution in [1.82, 2.24) is 0 Å². The van der Waals surface area contributed by atoms with Gasteiger partial charge in [-0.25, -0.2) is 0 Å². The van der Waals surface area contributed by atoms with Crippen LogP contribution in [-0.2, 0) is 28.4 Å². The number of hydrogen-bond donors (Lipinski definition) is 0. The monoisotopic (exact) mass is 370 g/mol. The quantitative estimate of drug-likeness (QED) is 0.163. The molecule has 0 aliphatic rings. The summed E-state index contributed by atoms with van der Waals surface area (Å²) in [5.41, 5.74) is 0. The average Bonchev–Trinajstić information content (AvgIpc) is 2.54. The minimum atomic E-state index is -0.219. The zero-order valence-electron chi connectivity index (χ0n) is 15.2. The molecule has 0 N–H and O–H groups in total. The Morgan fingerprint density at radius 1 is 0.333 bits per heavy atom. The van der Waals surface area contributed by atoms with Crippen LogP contribution in [-0.4, -0.2) is 92.5 Å². The Hall–Kier alpha value is 1.68. The third-order valence-electron chi connectivity index (χ3n) is 2.32. The first-order valence-corrected chi connectivity index (χ1v) is 7.54. The van der Waals surface area contributed by atoms with E-state index >= 15 is 0 Å². The first-order chi connectivity index (χ1) is 10.9. The van der Waals surface area contributed by atoms with Crippen LogP contribution in [0.3, 0.4) is 0 Å². The predicted molar refractivity (Wildman–Crippen MR) is 74.6 cm³/mol. The topological polar surface area (TPSA) is 102 Å². The van der Waals surface area contributed by atoms with Crippen molar-refractivity contribution in [3.63, 3.8) is 0 Å². The van der Waals surface area contributed by atoms with Crippen LogP contribution in [0, 0.1) is 0 Å². The number of hydrogen-bond acceptors (Lipinski definition) is 8. The summed E-state index contributed by atoms with van der Waals surface area (Å²) < 4.78 is 31.0. The van der Waals surface area contributed by atoms with Gasteiger partial charge in [-0.3, -0.25) is 0 Å². The van der Waals surface area contributed by atoms with Gasteiger partial charge in [-0.15, -0.1) is 13.2 Å². The van der Waals surface area contributed by atoms with Crippen molar-refractivity contribution in [2.24, 2.45) is 0 Å². The summed E-state index contributed by atoms with van der Waals surface area (Å²) in [4.78, 5) is 0. The second-order valence-corrected chi connectivity index (χ2v) is 4.08. The minimum Gasteiger partial charge on any atom is -0.853 e. The molecule has 0 aromatic rings. The Morgan fingerprint density at radius 2 is 0.500 bits per heavy atom. The normalized spacial score (nSPS) is 10.2. The van der Waals surface area contributed by atoms with Crippen molar-refractivity contribution in [2.45, 2.75) is 0 Å². The molecule has 0 saturated heterocycles. The Morgan fingerprint density at radius 3 is 0.667 bits per heavy atom. The molecule has 0 aromatic carbocycles. The van der Waals surface area contributed by atoms with Crippen LogP contribution in [0.15, 0.2) is 0 Å². The maximum Gasteiger partial charge on any atom is 1.00 e. The van der Waals surface area contributed by atoms with Gasteiger partial charge in [0.2, 0.25) is 0 Å². The standard InChI is InChI=1S/C14H28O8.2Na/c15-1-3-17-5-7-19-9-11-21-13-14-22-12-10-20-8-6-18-4-2-16;;/h1-14H2;;/q-2;2*+1. The fraction of sp³-hybridized carbons (Fsp3) is 1.00. The number of ether oxygens (including phenoxy) is 6. The van der Waals surface area contributed by atoms with Crippen LogP contribution in [0.1, 0.15) is 0 Å². The van der Waals surface area contributed by atoms with E-state index in [2.05, 4.69) is 0 Å². The van der Waals surface area contributed by atoms with Gasteiger partial charge in [-0.1, -0.05) is 0 Å². The van der Waals surface area contributed by atoms with Gasteiger partial charge in [-0.05, 0) is 0 Å². The van der Waals surface area contributed by atoms with Gasteiger partial charge in [0.1, 0.15) is 0 Å². The van der Waals surface area contributed by atoms with Crippen LogP contribution in [0.2, 0.25) is 0 Å². The van der Waals surface area contributed by atoms with Crippen LogP contribution < -0.4 is 69.3 Å². The molecule has 10 heteroatoms. The molecule has 0 aromatic heterocycles. The summed E-state index contributed by atoms with van der Waals surface area (Å²) >= 11 is 0. The first kappa shape index (κ1) is 30.4. The molecule has 8 nitrogen and oxygen atoms in total. The van der Waals surface area contributed by atoms with Crippen LogP contribution in [0.4, 0.5) is 0 Å². The Kier molecular flexibility index (Phi) is 37.3. The molecular formula is C14H28Na2O8. The van der Waals surface area contributed by atoms with Gasteiger partial charge in [0.05, 0.1) is 66.1 Å².